The van der Waals surface area contributed by atoms with Crippen molar-refractivity contribution < 1.29 is 13.6 Å². The van der Waals surface area contributed by atoms with Crippen LogP contribution in [0.1, 0.15) is 10.5 Å². The summed E-state index contributed by atoms with van der Waals surface area (Å²) in [5, 5.41) is 2.03. The Bertz CT molecular complexity index is 628. The number of nitrogens with zero attached hydrogens (tertiary/aromatic N) is 1. The van der Waals surface area contributed by atoms with Crippen LogP contribution >= 0.6 is 27.5 Å². The van der Waals surface area contributed by atoms with Gasteiger partial charge in [-0.1, -0.05) is 11.6 Å². The maximum atomic E-state index is 13.5. The summed E-state index contributed by atoms with van der Waals surface area (Å²) in [6.45, 7) is 0. The molecule has 0 saturated carbocycles. The molecule has 7 heteroatoms. The minimum Gasteiger partial charge on any atom is -0.317 e. The standard InChI is InChI=1S/C12H6BrClF2N2O/c13-7-2-1-3-17-10(7)12(19)18-11-8(14)4-6(15)5-9(11)16/h1-5H,(H,18,19). The smallest absolute Gasteiger partial charge is 0.275 e. The molecule has 1 amide bonds. The first-order valence-corrected chi connectivity index (χ1v) is 6.22. The van der Waals surface area contributed by atoms with Crippen molar-refractivity contribution in [3.8, 4) is 0 Å². The Morgan fingerprint density at radius 2 is 2.11 bits per heavy atom. The van der Waals surface area contributed by atoms with Crippen molar-refractivity contribution in [3.05, 3.63) is 57.3 Å². The van der Waals surface area contributed by atoms with Gasteiger partial charge < -0.3 is 5.32 Å². The fourth-order valence-electron chi connectivity index (χ4n) is 1.39. The monoisotopic (exact) mass is 346 g/mol. The average Bonchev–Trinajstić information content (AvgIpc) is 2.34. The topological polar surface area (TPSA) is 42.0 Å². The second kappa shape index (κ2) is 5.63. The molecule has 98 valence electrons. The van der Waals surface area contributed by atoms with Gasteiger partial charge in [-0.2, -0.15) is 0 Å². The van der Waals surface area contributed by atoms with E-state index in [0.29, 0.717) is 10.5 Å². The lowest BCUT2D eigenvalue weighted by Crippen LogP contribution is -2.15. The molecule has 1 heterocycles. The maximum Gasteiger partial charge on any atom is 0.275 e. The molecular weight excluding hydrogens is 341 g/mol. The summed E-state index contributed by atoms with van der Waals surface area (Å²) in [6, 6.07) is 4.79. The number of hydrogen-bond acceptors (Lipinski definition) is 2. The number of nitrogens with one attached hydrogen (secondary N) is 1. The molecule has 0 aliphatic carbocycles. The fourth-order valence-corrected chi connectivity index (χ4v) is 2.06. The van der Waals surface area contributed by atoms with E-state index in [1.807, 2.05) is 0 Å². The predicted molar refractivity (Wildman–Crippen MR) is 71.3 cm³/mol. The number of carbonyl (C=O) groups excluding carboxylic acids is 1. The van der Waals surface area contributed by atoms with Crippen LogP contribution in [0.3, 0.4) is 0 Å². The van der Waals surface area contributed by atoms with Gasteiger partial charge in [-0.3, -0.25) is 4.79 Å². The lowest BCUT2D eigenvalue weighted by atomic mass is 10.2. The number of rotatable bonds is 2. The molecule has 3 nitrogen and oxygen atoms in total. The number of benzene rings is 1. The fraction of sp³-hybridized carbons (Fsp3) is 0. The van der Waals surface area contributed by atoms with E-state index in [-0.39, 0.29) is 16.4 Å². The first kappa shape index (κ1) is 13.9. The highest BCUT2D eigenvalue weighted by Crippen LogP contribution is 2.27. The summed E-state index contributed by atoms with van der Waals surface area (Å²) in [6.07, 6.45) is 1.42. The van der Waals surface area contributed by atoms with Crippen LogP contribution in [-0.4, -0.2) is 10.9 Å². The summed E-state index contributed by atoms with van der Waals surface area (Å²) < 4.78 is 26.8. The van der Waals surface area contributed by atoms with Crippen LogP contribution in [0.25, 0.3) is 0 Å². The van der Waals surface area contributed by atoms with E-state index in [4.69, 9.17) is 11.6 Å². The van der Waals surface area contributed by atoms with E-state index in [1.54, 1.807) is 12.1 Å². The van der Waals surface area contributed by atoms with Gasteiger partial charge in [0.2, 0.25) is 0 Å². The zero-order valence-electron chi connectivity index (χ0n) is 9.25. The predicted octanol–water partition coefficient (Wildman–Crippen LogP) is 4.03. The number of amides is 1. The third-order valence-electron chi connectivity index (χ3n) is 2.22. The van der Waals surface area contributed by atoms with Gasteiger partial charge in [-0.25, -0.2) is 13.8 Å². The minimum absolute atomic E-state index is 0.0716. The van der Waals surface area contributed by atoms with Crippen molar-refractivity contribution in [2.75, 3.05) is 5.32 Å². The molecule has 0 aliphatic heterocycles. The molecule has 1 aromatic heterocycles. The van der Waals surface area contributed by atoms with Crippen LogP contribution in [0.15, 0.2) is 34.9 Å². The minimum atomic E-state index is -0.953. The highest BCUT2D eigenvalue weighted by Gasteiger charge is 2.16. The molecule has 0 bridgehead atoms. The lowest BCUT2D eigenvalue weighted by Gasteiger charge is -2.09. The van der Waals surface area contributed by atoms with E-state index in [1.165, 1.54) is 6.20 Å². The molecule has 0 fully saturated rings. The molecule has 0 aliphatic rings. The SMILES string of the molecule is O=C(Nc1c(F)cc(F)cc1Cl)c1ncccc1Br. The molecule has 0 unspecified atom stereocenters. The molecule has 0 atom stereocenters. The van der Waals surface area contributed by atoms with E-state index in [0.717, 1.165) is 6.07 Å². The van der Waals surface area contributed by atoms with E-state index in [2.05, 4.69) is 26.2 Å². The second-order valence-corrected chi connectivity index (χ2v) is 4.79. The number of anilines is 1. The summed E-state index contributed by atoms with van der Waals surface area (Å²) in [5.74, 6) is -2.43. The Morgan fingerprint density at radius 3 is 2.74 bits per heavy atom. The third-order valence-corrected chi connectivity index (χ3v) is 3.16. The van der Waals surface area contributed by atoms with Crippen molar-refractivity contribution in [2.24, 2.45) is 0 Å². The molecular formula is C12H6BrClF2N2O. The molecule has 2 rings (SSSR count). The van der Waals surface area contributed by atoms with E-state index in [9.17, 15) is 13.6 Å². The van der Waals surface area contributed by atoms with Gasteiger partial charge in [-0.15, -0.1) is 0 Å². The number of halogens is 4. The lowest BCUT2D eigenvalue weighted by molar-refractivity contribution is 0.102. The van der Waals surface area contributed by atoms with Gasteiger partial charge in [0, 0.05) is 16.7 Å². The summed E-state index contributed by atoms with van der Waals surface area (Å²) in [4.78, 5) is 15.8. The average molecular weight is 348 g/mol. The normalized spacial score (nSPS) is 10.3. The molecule has 0 saturated heterocycles. The van der Waals surface area contributed by atoms with Crippen molar-refractivity contribution in [1.29, 1.82) is 0 Å². The summed E-state index contributed by atoms with van der Waals surface area (Å²) in [5.41, 5.74) is -0.215. The van der Waals surface area contributed by atoms with Crippen LogP contribution in [0.4, 0.5) is 14.5 Å². The first-order valence-electron chi connectivity index (χ1n) is 5.05. The van der Waals surface area contributed by atoms with Gasteiger partial charge >= 0.3 is 0 Å². The van der Waals surface area contributed by atoms with Gasteiger partial charge in [0.25, 0.3) is 5.91 Å². The van der Waals surface area contributed by atoms with Gasteiger partial charge in [0.05, 0.1) is 10.7 Å². The van der Waals surface area contributed by atoms with Gasteiger partial charge in [0.15, 0.2) is 5.82 Å². The highest BCUT2D eigenvalue weighted by molar-refractivity contribution is 9.10. The Balaban J connectivity index is 2.32. The van der Waals surface area contributed by atoms with E-state index < -0.39 is 17.5 Å². The van der Waals surface area contributed by atoms with Crippen molar-refractivity contribution >= 4 is 39.1 Å². The Labute approximate surface area is 120 Å². The van der Waals surface area contributed by atoms with E-state index >= 15 is 0 Å². The molecule has 2 aromatic rings. The van der Waals surface area contributed by atoms with Crippen LogP contribution in [0, 0.1) is 11.6 Å². The largest absolute Gasteiger partial charge is 0.317 e. The van der Waals surface area contributed by atoms with Crippen molar-refractivity contribution in [2.45, 2.75) is 0 Å². The molecule has 1 N–H and O–H groups in total. The Kier molecular flexibility index (Phi) is 4.11. The van der Waals surface area contributed by atoms with Crippen molar-refractivity contribution in [1.82, 2.24) is 4.98 Å². The van der Waals surface area contributed by atoms with Gasteiger partial charge in [0.1, 0.15) is 11.5 Å². The molecule has 19 heavy (non-hydrogen) atoms. The van der Waals surface area contributed by atoms with Crippen LogP contribution < -0.4 is 5.32 Å². The Hall–Kier alpha value is -1.53. The molecule has 1 aromatic carbocycles. The summed E-state index contributed by atoms with van der Waals surface area (Å²) in [7, 11) is 0. The number of carbonyl (C=O) groups is 1. The zero-order valence-corrected chi connectivity index (χ0v) is 11.6. The van der Waals surface area contributed by atoms with Crippen molar-refractivity contribution in [3.63, 3.8) is 0 Å². The third kappa shape index (κ3) is 3.08. The first-order chi connectivity index (χ1) is 8.99. The van der Waals surface area contributed by atoms with Crippen LogP contribution in [-0.2, 0) is 0 Å². The number of aromatic nitrogens is 1. The number of hydrogen-bond donors (Lipinski definition) is 1. The van der Waals surface area contributed by atoms with Crippen LogP contribution in [0.5, 0.6) is 0 Å². The second-order valence-electron chi connectivity index (χ2n) is 3.53. The number of pyridine rings is 1. The molecule has 0 spiro atoms. The summed E-state index contributed by atoms with van der Waals surface area (Å²) >= 11 is 8.83. The quantitative estimate of drug-likeness (QED) is 0.891. The van der Waals surface area contributed by atoms with Crippen LogP contribution in [0.2, 0.25) is 5.02 Å². The highest BCUT2D eigenvalue weighted by atomic mass is 79.9. The van der Waals surface area contributed by atoms with Gasteiger partial charge in [-0.05, 0) is 34.1 Å². The maximum absolute atomic E-state index is 13.5. The Morgan fingerprint density at radius 1 is 1.37 bits per heavy atom. The zero-order chi connectivity index (χ0) is 14.0. The molecule has 0 radical (unpaired) electrons.